The topological polar surface area (TPSA) is 99.8 Å². The third-order valence-electron chi connectivity index (χ3n) is 3.35. The van der Waals surface area contributed by atoms with Crippen LogP contribution in [-0.2, 0) is 11.3 Å². The zero-order valence-electron chi connectivity index (χ0n) is 11.1. The number of aromatic amines is 1. The predicted octanol–water partition coefficient (Wildman–Crippen LogP) is 0.449. The number of pyridine rings is 1. The van der Waals surface area contributed by atoms with Crippen LogP contribution in [0.5, 0.6) is 0 Å². The van der Waals surface area contributed by atoms with Crippen molar-refractivity contribution < 1.29 is 4.79 Å². The minimum atomic E-state index is -0.302. The molecular weight excluding hydrogens is 338 g/mol. The number of carbonyl (C=O) groups is 1. The van der Waals surface area contributed by atoms with Crippen LogP contribution in [0, 0.1) is 0 Å². The van der Waals surface area contributed by atoms with E-state index in [1.165, 1.54) is 0 Å². The first kappa shape index (κ1) is 14.2. The van der Waals surface area contributed by atoms with Gasteiger partial charge in [0.1, 0.15) is 11.5 Å². The monoisotopic (exact) mass is 351 g/mol. The average Bonchev–Trinajstić information content (AvgIpc) is 2.85. The van der Waals surface area contributed by atoms with Crippen LogP contribution in [0.25, 0.3) is 11.0 Å². The molecule has 0 aromatic carbocycles. The maximum absolute atomic E-state index is 11.9. The summed E-state index contributed by atoms with van der Waals surface area (Å²) in [6.45, 7) is 1.08. The summed E-state index contributed by atoms with van der Waals surface area (Å²) in [6.07, 6.45) is 3.04. The maximum atomic E-state index is 11.9. The molecule has 1 aliphatic heterocycles. The van der Waals surface area contributed by atoms with Gasteiger partial charge in [-0.05, 0) is 28.4 Å². The third kappa shape index (κ3) is 3.27. The van der Waals surface area contributed by atoms with E-state index < -0.39 is 0 Å². The van der Waals surface area contributed by atoms with E-state index in [1.54, 1.807) is 12.3 Å². The van der Waals surface area contributed by atoms with E-state index in [2.05, 4.69) is 41.5 Å². The predicted molar refractivity (Wildman–Crippen MR) is 80.7 cm³/mol. The molecule has 2 aromatic rings. The second-order valence-electron chi connectivity index (χ2n) is 4.97. The highest BCUT2D eigenvalue weighted by Gasteiger charge is 2.19. The molecule has 21 heavy (non-hydrogen) atoms. The molecular formula is C13H14BrN5O2. The molecule has 3 heterocycles. The fraction of sp³-hybridized carbons (Fsp3) is 0.385. The fourth-order valence-corrected chi connectivity index (χ4v) is 2.66. The van der Waals surface area contributed by atoms with Crippen molar-refractivity contribution in [3.63, 3.8) is 0 Å². The number of fused-ring (bicyclic) bond motifs is 1. The first-order valence-electron chi connectivity index (χ1n) is 6.66. The molecule has 0 saturated carbocycles. The van der Waals surface area contributed by atoms with Crippen LogP contribution >= 0.6 is 15.9 Å². The van der Waals surface area contributed by atoms with E-state index in [-0.39, 0.29) is 17.5 Å². The first-order chi connectivity index (χ1) is 10.1. The minimum absolute atomic E-state index is 0.0915. The van der Waals surface area contributed by atoms with Crippen LogP contribution in [0.4, 0.5) is 0 Å². The van der Waals surface area contributed by atoms with Crippen LogP contribution in [0.15, 0.2) is 21.5 Å². The van der Waals surface area contributed by atoms with E-state index in [4.69, 9.17) is 0 Å². The maximum Gasteiger partial charge on any atom is 0.282 e. The molecule has 1 unspecified atom stereocenters. The number of hydrogen-bond donors (Lipinski definition) is 3. The molecule has 110 valence electrons. The van der Waals surface area contributed by atoms with E-state index in [9.17, 15) is 9.59 Å². The van der Waals surface area contributed by atoms with Crippen molar-refractivity contribution in [3.05, 3.63) is 32.9 Å². The molecule has 1 aliphatic rings. The second-order valence-corrected chi connectivity index (χ2v) is 5.89. The second kappa shape index (κ2) is 5.90. The number of halogens is 1. The third-order valence-corrected chi connectivity index (χ3v) is 3.79. The normalized spacial score (nSPS) is 18.1. The van der Waals surface area contributed by atoms with Crippen LogP contribution in [0.2, 0.25) is 0 Å². The van der Waals surface area contributed by atoms with Gasteiger partial charge in [-0.25, -0.2) is 4.98 Å². The summed E-state index contributed by atoms with van der Waals surface area (Å²) in [5.74, 6) is 0.625. The molecule has 0 bridgehead atoms. The van der Waals surface area contributed by atoms with E-state index in [1.807, 2.05) is 0 Å². The minimum Gasteiger partial charge on any atom is -0.352 e. The summed E-state index contributed by atoms with van der Waals surface area (Å²) >= 11 is 3.28. The molecule has 8 heteroatoms. The summed E-state index contributed by atoms with van der Waals surface area (Å²) in [5.41, 5.74) is 0.215. The molecule has 2 aromatic heterocycles. The number of aromatic nitrogens is 3. The number of nitrogens with one attached hydrogen (secondary N) is 3. The smallest absolute Gasteiger partial charge is 0.282 e. The quantitative estimate of drug-likeness (QED) is 0.742. The Morgan fingerprint density at radius 1 is 1.43 bits per heavy atom. The molecule has 0 spiro atoms. The standard InChI is InChI=1S/C13H14BrN5O2/c14-7-3-9-12(16-4-7)18-10(19-13(9)21)6-15-5-8-1-2-11(20)17-8/h3-4,8,15H,1-2,5-6H2,(H,17,20)(H,16,18,19,21). The van der Waals surface area contributed by atoms with Gasteiger partial charge in [0, 0.05) is 29.7 Å². The van der Waals surface area contributed by atoms with E-state index in [0.29, 0.717) is 36.4 Å². The van der Waals surface area contributed by atoms with E-state index in [0.717, 1.165) is 10.9 Å². The molecule has 3 rings (SSSR count). The van der Waals surface area contributed by atoms with Crippen molar-refractivity contribution in [2.24, 2.45) is 0 Å². The molecule has 1 saturated heterocycles. The highest BCUT2D eigenvalue weighted by Crippen LogP contribution is 2.12. The number of amides is 1. The molecule has 0 aliphatic carbocycles. The summed E-state index contributed by atoms with van der Waals surface area (Å²) < 4.78 is 0.741. The summed E-state index contributed by atoms with van der Waals surface area (Å²) in [5, 5.41) is 6.51. The van der Waals surface area contributed by atoms with Gasteiger partial charge >= 0.3 is 0 Å². The van der Waals surface area contributed by atoms with Gasteiger partial charge in [0.15, 0.2) is 0 Å². The highest BCUT2D eigenvalue weighted by atomic mass is 79.9. The van der Waals surface area contributed by atoms with Gasteiger partial charge in [0.05, 0.1) is 11.9 Å². The van der Waals surface area contributed by atoms with Crippen LogP contribution in [-0.4, -0.2) is 33.4 Å². The summed E-state index contributed by atoms with van der Waals surface area (Å²) in [6, 6.07) is 1.85. The van der Waals surface area contributed by atoms with Crippen molar-refractivity contribution >= 4 is 32.9 Å². The van der Waals surface area contributed by atoms with Gasteiger partial charge in [-0.3, -0.25) is 9.59 Å². The van der Waals surface area contributed by atoms with Crippen molar-refractivity contribution in [2.45, 2.75) is 25.4 Å². The fourth-order valence-electron chi connectivity index (χ4n) is 2.33. The van der Waals surface area contributed by atoms with E-state index >= 15 is 0 Å². The lowest BCUT2D eigenvalue weighted by Crippen LogP contribution is -2.35. The molecule has 1 fully saturated rings. The van der Waals surface area contributed by atoms with Crippen LogP contribution < -0.4 is 16.2 Å². The molecule has 3 N–H and O–H groups in total. The molecule has 1 amide bonds. The highest BCUT2D eigenvalue weighted by molar-refractivity contribution is 9.10. The lowest BCUT2D eigenvalue weighted by molar-refractivity contribution is -0.119. The van der Waals surface area contributed by atoms with Crippen LogP contribution in [0.1, 0.15) is 18.7 Å². The lowest BCUT2D eigenvalue weighted by Gasteiger charge is -2.10. The Labute approximate surface area is 128 Å². The Morgan fingerprint density at radius 2 is 2.29 bits per heavy atom. The number of carbonyl (C=O) groups excluding carboxylic acids is 1. The summed E-state index contributed by atoms with van der Waals surface area (Å²) in [4.78, 5) is 34.2. The lowest BCUT2D eigenvalue weighted by atomic mass is 10.2. The average molecular weight is 352 g/mol. The van der Waals surface area contributed by atoms with Gasteiger partial charge in [0.2, 0.25) is 5.91 Å². The Hall–Kier alpha value is -1.80. The zero-order valence-corrected chi connectivity index (χ0v) is 12.7. The number of rotatable bonds is 4. The SMILES string of the molecule is O=C1CCC(CNCc2nc(=O)c3cc(Br)cnc3[nH]2)N1. The number of H-pyrrole nitrogens is 1. The van der Waals surface area contributed by atoms with Gasteiger partial charge in [0.25, 0.3) is 5.56 Å². The van der Waals surface area contributed by atoms with Crippen molar-refractivity contribution in [3.8, 4) is 0 Å². The Balaban J connectivity index is 1.68. The Bertz CT molecular complexity index is 745. The van der Waals surface area contributed by atoms with Gasteiger partial charge < -0.3 is 15.6 Å². The van der Waals surface area contributed by atoms with Gasteiger partial charge in [-0.2, -0.15) is 4.98 Å². The van der Waals surface area contributed by atoms with Gasteiger partial charge in [-0.1, -0.05) is 0 Å². The molecule has 7 nitrogen and oxygen atoms in total. The van der Waals surface area contributed by atoms with Crippen molar-refractivity contribution in [1.29, 1.82) is 0 Å². The Kier molecular flexibility index (Phi) is 3.98. The number of nitrogens with zero attached hydrogens (tertiary/aromatic N) is 2. The molecule has 1 atom stereocenters. The first-order valence-corrected chi connectivity index (χ1v) is 7.45. The van der Waals surface area contributed by atoms with Gasteiger partial charge in [-0.15, -0.1) is 0 Å². The largest absolute Gasteiger partial charge is 0.352 e. The molecule has 0 radical (unpaired) electrons. The number of hydrogen-bond acceptors (Lipinski definition) is 5. The van der Waals surface area contributed by atoms with Crippen LogP contribution in [0.3, 0.4) is 0 Å². The Morgan fingerprint density at radius 3 is 3.05 bits per heavy atom. The van der Waals surface area contributed by atoms with Crippen molar-refractivity contribution in [1.82, 2.24) is 25.6 Å². The summed E-state index contributed by atoms with van der Waals surface area (Å²) in [7, 11) is 0. The zero-order chi connectivity index (χ0) is 14.8. The van der Waals surface area contributed by atoms with Crippen molar-refractivity contribution in [2.75, 3.05) is 6.54 Å².